The van der Waals surface area contributed by atoms with Crippen molar-refractivity contribution in [1.82, 2.24) is 15.2 Å². The Hall–Kier alpha value is -2.41. The highest BCUT2D eigenvalue weighted by molar-refractivity contribution is 5.78. The number of likely N-dealkylation sites (tertiary alicyclic amines) is 1. The third kappa shape index (κ3) is 5.07. The summed E-state index contributed by atoms with van der Waals surface area (Å²) in [4.78, 5) is 17.9. The summed E-state index contributed by atoms with van der Waals surface area (Å²) in [5.41, 5.74) is 0.544. The zero-order valence-electron chi connectivity index (χ0n) is 14.9. The number of amides is 1. The molecular formula is C20H22F3N3O. The number of halogens is 3. The fourth-order valence-corrected chi connectivity index (χ4v) is 3.43. The number of hydrogen-bond acceptors (Lipinski definition) is 3. The maximum atomic E-state index is 13.2. The van der Waals surface area contributed by atoms with Gasteiger partial charge in [-0.05, 0) is 42.6 Å². The van der Waals surface area contributed by atoms with Gasteiger partial charge in [0.05, 0.1) is 5.56 Å². The van der Waals surface area contributed by atoms with Crippen LogP contribution < -0.4 is 5.32 Å². The van der Waals surface area contributed by atoms with E-state index in [1.807, 2.05) is 12.1 Å². The Morgan fingerprint density at radius 2 is 2.00 bits per heavy atom. The van der Waals surface area contributed by atoms with Crippen LogP contribution in [0, 0.1) is 0 Å². The third-order valence-corrected chi connectivity index (χ3v) is 4.82. The quantitative estimate of drug-likeness (QED) is 0.747. The first-order valence-corrected chi connectivity index (χ1v) is 8.99. The van der Waals surface area contributed by atoms with Crippen LogP contribution in [0.15, 0.2) is 48.8 Å². The van der Waals surface area contributed by atoms with Crippen molar-refractivity contribution in [2.75, 3.05) is 6.54 Å². The van der Waals surface area contributed by atoms with Crippen LogP contribution in [0.2, 0.25) is 0 Å². The predicted octanol–water partition coefficient (Wildman–Crippen LogP) is 3.77. The van der Waals surface area contributed by atoms with Crippen LogP contribution in [0.25, 0.3) is 0 Å². The average molecular weight is 377 g/mol. The van der Waals surface area contributed by atoms with E-state index in [2.05, 4.69) is 10.3 Å². The van der Waals surface area contributed by atoms with Gasteiger partial charge in [-0.25, -0.2) is 0 Å². The van der Waals surface area contributed by atoms with E-state index in [0.29, 0.717) is 32.4 Å². The normalized spacial score (nSPS) is 17.5. The van der Waals surface area contributed by atoms with Crippen LogP contribution in [0.4, 0.5) is 13.2 Å². The summed E-state index contributed by atoms with van der Waals surface area (Å²) in [5.74, 6) is -0.0794. The molecule has 1 aliphatic rings. The molecule has 2 heterocycles. The van der Waals surface area contributed by atoms with Crippen molar-refractivity contribution < 1.29 is 18.0 Å². The second-order valence-corrected chi connectivity index (χ2v) is 6.70. The van der Waals surface area contributed by atoms with E-state index in [4.69, 9.17) is 0 Å². The number of aromatic nitrogens is 1. The molecule has 4 nitrogen and oxygen atoms in total. The minimum atomic E-state index is -4.42. The van der Waals surface area contributed by atoms with Gasteiger partial charge < -0.3 is 10.2 Å². The summed E-state index contributed by atoms with van der Waals surface area (Å²) < 4.78 is 39.6. The fourth-order valence-electron chi connectivity index (χ4n) is 3.43. The highest BCUT2D eigenvalue weighted by Crippen LogP contribution is 2.33. The maximum absolute atomic E-state index is 13.2. The van der Waals surface area contributed by atoms with Crippen molar-refractivity contribution in [3.8, 4) is 0 Å². The smallest absolute Gasteiger partial charge is 0.335 e. The molecule has 7 heteroatoms. The average Bonchev–Trinajstić information content (AvgIpc) is 2.99. The number of alkyl halides is 3. The monoisotopic (exact) mass is 377 g/mol. The molecule has 0 saturated carbocycles. The number of carbonyl (C=O) groups is 1. The van der Waals surface area contributed by atoms with E-state index in [0.717, 1.165) is 11.6 Å². The van der Waals surface area contributed by atoms with E-state index in [1.54, 1.807) is 23.4 Å². The van der Waals surface area contributed by atoms with Gasteiger partial charge in [0.25, 0.3) is 0 Å². The molecular weight excluding hydrogens is 355 g/mol. The molecule has 1 N–H and O–H groups in total. The van der Waals surface area contributed by atoms with Gasteiger partial charge in [0.2, 0.25) is 5.91 Å². The standard InChI is InChI=1S/C20H22F3N3O/c21-20(22,23)18-6-2-1-5-16(18)14-26-17(7-8-19(26)27)9-11-25-13-15-4-3-10-24-12-15/h1-6,10,12,17,25H,7-9,11,13-14H2. The number of hydrogen-bond donors (Lipinski definition) is 1. The molecule has 144 valence electrons. The van der Waals surface area contributed by atoms with Crippen molar-refractivity contribution >= 4 is 5.91 Å². The Morgan fingerprint density at radius 3 is 2.74 bits per heavy atom. The summed E-state index contributed by atoms with van der Waals surface area (Å²) >= 11 is 0. The molecule has 0 spiro atoms. The summed E-state index contributed by atoms with van der Waals surface area (Å²) in [6.45, 7) is 1.36. The van der Waals surface area contributed by atoms with Gasteiger partial charge in [-0.15, -0.1) is 0 Å². The highest BCUT2D eigenvalue weighted by atomic mass is 19.4. The van der Waals surface area contributed by atoms with Crippen LogP contribution in [0.5, 0.6) is 0 Å². The lowest BCUT2D eigenvalue weighted by Gasteiger charge is -2.26. The van der Waals surface area contributed by atoms with Gasteiger partial charge in [-0.3, -0.25) is 9.78 Å². The Bertz CT molecular complexity index is 765. The van der Waals surface area contributed by atoms with Crippen molar-refractivity contribution in [3.63, 3.8) is 0 Å². The summed E-state index contributed by atoms with van der Waals surface area (Å²) in [6, 6.07) is 9.27. The molecule has 1 aromatic heterocycles. The number of rotatable bonds is 7. The van der Waals surface area contributed by atoms with Gasteiger partial charge in [0.1, 0.15) is 0 Å². The Balaban J connectivity index is 1.59. The largest absolute Gasteiger partial charge is 0.416 e. The molecule has 1 unspecified atom stereocenters. The van der Waals surface area contributed by atoms with Crippen LogP contribution in [-0.2, 0) is 24.1 Å². The molecule has 1 aromatic carbocycles. The summed E-state index contributed by atoms with van der Waals surface area (Å²) in [7, 11) is 0. The minimum absolute atomic E-state index is 0.00177. The molecule has 1 fully saturated rings. The number of carbonyl (C=O) groups excluding carboxylic acids is 1. The predicted molar refractivity (Wildman–Crippen MR) is 95.6 cm³/mol. The van der Waals surface area contributed by atoms with Gasteiger partial charge >= 0.3 is 6.18 Å². The number of benzene rings is 1. The molecule has 0 aliphatic carbocycles. The lowest BCUT2D eigenvalue weighted by Crippen LogP contribution is -2.35. The molecule has 1 amide bonds. The van der Waals surface area contributed by atoms with E-state index in [-0.39, 0.29) is 24.1 Å². The van der Waals surface area contributed by atoms with E-state index in [1.165, 1.54) is 12.1 Å². The topological polar surface area (TPSA) is 45.2 Å². The third-order valence-electron chi connectivity index (χ3n) is 4.82. The zero-order valence-corrected chi connectivity index (χ0v) is 14.9. The van der Waals surface area contributed by atoms with Crippen LogP contribution in [0.3, 0.4) is 0 Å². The second-order valence-electron chi connectivity index (χ2n) is 6.70. The molecule has 1 atom stereocenters. The van der Waals surface area contributed by atoms with E-state index in [9.17, 15) is 18.0 Å². The lowest BCUT2D eigenvalue weighted by molar-refractivity contribution is -0.139. The minimum Gasteiger partial charge on any atom is -0.335 e. The van der Waals surface area contributed by atoms with Gasteiger partial charge in [0.15, 0.2) is 0 Å². The molecule has 2 aromatic rings. The first kappa shape index (κ1) is 19.4. The lowest BCUT2D eigenvalue weighted by atomic mass is 10.1. The van der Waals surface area contributed by atoms with Gasteiger partial charge in [-0.1, -0.05) is 24.3 Å². The first-order chi connectivity index (χ1) is 12.9. The number of nitrogens with zero attached hydrogens (tertiary/aromatic N) is 2. The molecule has 0 radical (unpaired) electrons. The maximum Gasteiger partial charge on any atom is 0.416 e. The Kier molecular flexibility index (Phi) is 6.11. The Morgan fingerprint density at radius 1 is 1.19 bits per heavy atom. The molecule has 1 saturated heterocycles. The van der Waals surface area contributed by atoms with Crippen molar-refractivity contribution in [1.29, 1.82) is 0 Å². The first-order valence-electron chi connectivity index (χ1n) is 8.99. The van der Waals surface area contributed by atoms with Crippen LogP contribution >= 0.6 is 0 Å². The molecule has 3 rings (SSSR count). The summed E-state index contributed by atoms with van der Waals surface area (Å²) in [6.07, 6.45) is 0.861. The van der Waals surface area contributed by atoms with Crippen molar-refractivity contribution in [3.05, 3.63) is 65.5 Å². The SMILES string of the molecule is O=C1CCC(CCNCc2cccnc2)N1Cc1ccccc1C(F)(F)F. The van der Waals surface area contributed by atoms with Crippen molar-refractivity contribution in [2.24, 2.45) is 0 Å². The van der Waals surface area contributed by atoms with E-state index < -0.39 is 11.7 Å². The second kappa shape index (κ2) is 8.52. The Labute approximate surface area is 156 Å². The number of pyridine rings is 1. The van der Waals surface area contributed by atoms with Gasteiger partial charge in [0, 0.05) is 37.9 Å². The highest BCUT2D eigenvalue weighted by Gasteiger charge is 2.36. The summed E-state index contributed by atoms with van der Waals surface area (Å²) in [5, 5.41) is 3.31. The van der Waals surface area contributed by atoms with E-state index >= 15 is 0 Å². The van der Waals surface area contributed by atoms with Gasteiger partial charge in [-0.2, -0.15) is 13.2 Å². The van der Waals surface area contributed by atoms with Crippen molar-refractivity contribution in [2.45, 2.75) is 44.6 Å². The number of nitrogens with one attached hydrogen (secondary N) is 1. The zero-order chi connectivity index (χ0) is 19.3. The molecule has 1 aliphatic heterocycles. The molecule has 0 bridgehead atoms. The van der Waals surface area contributed by atoms with Crippen LogP contribution in [-0.4, -0.2) is 28.4 Å². The molecule has 27 heavy (non-hydrogen) atoms. The van der Waals surface area contributed by atoms with Crippen LogP contribution in [0.1, 0.15) is 36.0 Å². The fraction of sp³-hybridized carbons (Fsp3) is 0.400.